The van der Waals surface area contributed by atoms with E-state index in [-0.39, 0.29) is 18.4 Å². The second kappa shape index (κ2) is 10.2. The molecule has 0 unspecified atom stereocenters. The molecule has 2 N–H and O–H groups in total. The number of hydrogen-bond donors (Lipinski definition) is 1. The van der Waals surface area contributed by atoms with E-state index in [0.717, 1.165) is 24.0 Å². The Kier molecular flexibility index (Phi) is 6.95. The third-order valence-corrected chi connectivity index (χ3v) is 5.77. The molecule has 0 spiro atoms. The van der Waals surface area contributed by atoms with Gasteiger partial charge in [0.25, 0.3) is 11.8 Å². The average molecular weight is 442 g/mol. The van der Waals surface area contributed by atoms with E-state index in [2.05, 4.69) is 29.3 Å². The van der Waals surface area contributed by atoms with Gasteiger partial charge in [-0.3, -0.25) is 19.5 Å². The van der Waals surface area contributed by atoms with Gasteiger partial charge in [0.1, 0.15) is 5.84 Å². The number of methoxy groups -OCH3 is 1. The van der Waals surface area contributed by atoms with Crippen molar-refractivity contribution in [3.8, 4) is 0 Å². The van der Waals surface area contributed by atoms with Crippen LogP contribution >= 0.6 is 0 Å². The summed E-state index contributed by atoms with van der Waals surface area (Å²) in [6.07, 6.45) is 1.79. The summed E-state index contributed by atoms with van der Waals surface area (Å²) in [4.78, 5) is 30.7. The fourth-order valence-corrected chi connectivity index (χ4v) is 3.86. The number of carbonyl (C=O) groups is 2. The number of amidine groups is 1. The van der Waals surface area contributed by atoms with Gasteiger partial charge >= 0.3 is 0 Å². The summed E-state index contributed by atoms with van der Waals surface area (Å²) < 4.78 is 4.99. The number of aryl methyl sites for hydroxylation is 2. The van der Waals surface area contributed by atoms with Crippen LogP contribution in [0.3, 0.4) is 0 Å². The summed E-state index contributed by atoms with van der Waals surface area (Å²) in [7, 11) is 1.64. The van der Waals surface area contributed by atoms with Crippen molar-refractivity contribution in [3.05, 3.63) is 106 Å². The smallest absolute Gasteiger partial charge is 0.261 e. The summed E-state index contributed by atoms with van der Waals surface area (Å²) in [6.45, 7) is 1.38. The number of rotatable bonds is 9. The third-order valence-electron chi connectivity index (χ3n) is 5.77. The molecule has 1 heterocycles. The zero-order valence-corrected chi connectivity index (χ0v) is 18.7. The Morgan fingerprint density at radius 3 is 1.88 bits per heavy atom. The molecule has 3 aromatic rings. The van der Waals surface area contributed by atoms with Gasteiger partial charge in [-0.05, 0) is 41.7 Å². The Labute approximate surface area is 193 Å². The number of aliphatic imine (C=N–C) groups is 1. The van der Waals surface area contributed by atoms with E-state index >= 15 is 0 Å². The molecule has 1 aliphatic heterocycles. The van der Waals surface area contributed by atoms with E-state index in [0.29, 0.717) is 30.1 Å². The first-order valence-corrected chi connectivity index (χ1v) is 11.0. The van der Waals surface area contributed by atoms with Gasteiger partial charge in [-0.2, -0.15) is 0 Å². The number of fused-ring (bicyclic) bond motifs is 1. The largest absolute Gasteiger partial charge is 0.384 e. The molecule has 0 fully saturated rings. The van der Waals surface area contributed by atoms with Crippen LogP contribution < -0.4 is 5.73 Å². The van der Waals surface area contributed by atoms with Crippen LogP contribution in [0.2, 0.25) is 0 Å². The molecular weight excluding hydrogens is 414 g/mol. The maximum absolute atomic E-state index is 12.6. The predicted molar refractivity (Wildman–Crippen MR) is 128 cm³/mol. The fraction of sp³-hybridized carbons (Fsp3) is 0.222. The standard InChI is InChI=1S/C27H27N3O3/c1-33-17-16-29-25(28)22-14-12-20(13-15-22)7-6-19-8-10-21(11-9-19)18-30-26(31)23-4-2-3-5-24(23)27(30)32/h2-5,8-15H,6-7,16-18H2,1H3,(H2,28,29). The van der Waals surface area contributed by atoms with Gasteiger partial charge in [0.15, 0.2) is 0 Å². The van der Waals surface area contributed by atoms with Crippen molar-refractivity contribution in [3.63, 3.8) is 0 Å². The Morgan fingerprint density at radius 1 is 0.818 bits per heavy atom. The number of imide groups is 1. The van der Waals surface area contributed by atoms with Crippen LogP contribution in [0.15, 0.2) is 77.8 Å². The van der Waals surface area contributed by atoms with Crippen LogP contribution in [0, 0.1) is 0 Å². The summed E-state index contributed by atoms with van der Waals surface area (Å²) in [5.41, 5.74) is 11.2. The van der Waals surface area contributed by atoms with E-state index in [9.17, 15) is 9.59 Å². The predicted octanol–water partition coefficient (Wildman–Crippen LogP) is 3.62. The van der Waals surface area contributed by atoms with E-state index in [1.807, 2.05) is 24.3 Å². The molecule has 4 rings (SSSR count). The van der Waals surface area contributed by atoms with Gasteiger partial charge in [0, 0.05) is 12.7 Å². The Bertz CT molecular complexity index is 1130. The normalized spacial score (nSPS) is 13.5. The molecule has 3 aromatic carbocycles. The molecular formula is C27H27N3O3. The Balaban J connectivity index is 1.32. The van der Waals surface area contributed by atoms with Crippen molar-refractivity contribution in [1.29, 1.82) is 0 Å². The number of benzene rings is 3. The minimum Gasteiger partial charge on any atom is -0.384 e. The molecule has 0 aliphatic carbocycles. The molecule has 1 aliphatic rings. The quantitative estimate of drug-likeness (QED) is 0.238. The molecule has 0 bridgehead atoms. The van der Waals surface area contributed by atoms with Gasteiger partial charge in [-0.25, -0.2) is 0 Å². The average Bonchev–Trinajstić information content (AvgIpc) is 3.09. The molecule has 0 saturated heterocycles. The zero-order valence-electron chi connectivity index (χ0n) is 18.7. The third kappa shape index (κ3) is 5.18. The molecule has 168 valence electrons. The monoisotopic (exact) mass is 441 g/mol. The fourth-order valence-electron chi connectivity index (χ4n) is 3.86. The lowest BCUT2D eigenvalue weighted by Crippen LogP contribution is -2.29. The van der Waals surface area contributed by atoms with Crippen molar-refractivity contribution in [2.75, 3.05) is 20.3 Å². The number of nitrogens with zero attached hydrogens (tertiary/aromatic N) is 2. The van der Waals surface area contributed by atoms with Gasteiger partial charge in [0.05, 0.1) is 30.8 Å². The maximum Gasteiger partial charge on any atom is 0.261 e. The van der Waals surface area contributed by atoms with Gasteiger partial charge in [0.2, 0.25) is 0 Å². The van der Waals surface area contributed by atoms with E-state index < -0.39 is 0 Å². The van der Waals surface area contributed by atoms with Gasteiger partial charge < -0.3 is 10.5 Å². The first-order valence-electron chi connectivity index (χ1n) is 11.0. The summed E-state index contributed by atoms with van der Waals surface area (Å²) in [5.74, 6) is 0.0623. The SMILES string of the molecule is COCCN=C(N)c1ccc(CCc2ccc(CN3C(=O)c4ccccc4C3=O)cc2)cc1. The number of nitrogens with two attached hydrogens (primary N) is 1. The number of carbonyl (C=O) groups excluding carboxylic acids is 2. The highest BCUT2D eigenvalue weighted by atomic mass is 16.5. The lowest BCUT2D eigenvalue weighted by atomic mass is 10.0. The molecule has 0 aromatic heterocycles. The highest BCUT2D eigenvalue weighted by molar-refractivity contribution is 6.21. The van der Waals surface area contributed by atoms with E-state index in [1.165, 1.54) is 16.0 Å². The number of amides is 2. The summed E-state index contributed by atoms with van der Waals surface area (Å²) in [5, 5.41) is 0. The van der Waals surface area contributed by atoms with E-state index in [4.69, 9.17) is 10.5 Å². The van der Waals surface area contributed by atoms with Crippen molar-refractivity contribution in [2.45, 2.75) is 19.4 Å². The molecule has 33 heavy (non-hydrogen) atoms. The topological polar surface area (TPSA) is 85.0 Å². The van der Waals surface area contributed by atoms with Crippen LogP contribution in [0.1, 0.15) is 43.0 Å². The first-order chi connectivity index (χ1) is 16.1. The molecule has 6 nitrogen and oxygen atoms in total. The molecule has 2 amide bonds. The summed E-state index contributed by atoms with van der Waals surface area (Å²) >= 11 is 0. The number of ether oxygens (including phenoxy) is 1. The molecule has 0 atom stereocenters. The van der Waals surface area contributed by atoms with Gasteiger partial charge in [-0.15, -0.1) is 0 Å². The lowest BCUT2D eigenvalue weighted by Gasteiger charge is -2.14. The highest BCUT2D eigenvalue weighted by Crippen LogP contribution is 2.24. The Morgan fingerprint density at radius 2 is 1.33 bits per heavy atom. The van der Waals surface area contributed by atoms with Crippen molar-refractivity contribution in [1.82, 2.24) is 4.90 Å². The number of hydrogen-bond acceptors (Lipinski definition) is 4. The second-order valence-corrected chi connectivity index (χ2v) is 8.02. The van der Waals surface area contributed by atoms with Crippen molar-refractivity contribution >= 4 is 17.6 Å². The lowest BCUT2D eigenvalue weighted by molar-refractivity contribution is 0.0642. The van der Waals surface area contributed by atoms with Crippen LogP contribution in [0.4, 0.5) is 0 Å². The molecule has 6 heteroatoms. The molecule has 0 saturated carbocycles. The van der Waals surface area contributed by atoms with Crippen LogP contribution in [-0.4, -0.2) is 42.8 Å². The maximum atomic E-state index is 12.6. The van der Waals surface area contributed by atoms with E-state index in [1.54, 1.807) is 31.4 Å². The van der Waals surface area contributed by atoms with Crippen molar-refractivity contribution < 1.29 is 14.3 Å². The zero-order chi connectivity index (χ0) is 23.2. The summed E-state index contributed by atoms with van der Waals surface area (Å²) in [6, 6.07) is 23.2. The van der Waals surface area contributed by atoms with Crippen molar-refractivity contribution in [2.24, 2.45) is 10.7 Å². The highest BCUT2D eigenvalue weighted by Gasteiger charge is 2.34. The minimum atomic E-state index is -0.229. The van der Waals surface area contributed by atoms with Crippen LogP contribution in [-0.2, 0) is 24.1 Å². The first kappa shape index (κ1) is 22.4. The minimum absolute atomic E-state index is 0.229. The van der Waals surface area contributed by atoms with Crippen LogP contribution in [0.5, 0.6) is 0 Å². The van der Waals surface area contributed by atoms with Gasteiger partial charge in [-0.1, -0.05) is 60.7 Å². The second-order valence-electron chi connectivity index (χ2n) is 8.02. The Hall–Kier alpha value is -3.77. The molecule has 0 radical (unpaired) electrons. The van der Waals surface area contributed by atoms with Crippen LogP contribution in [0.25, 0.3) is 0 Å².